The number of rotatable bonds is 12. The Labute approximate surface area is 409 Å². The minimum absolute atomic E-state index is 0.0974. The molecule has 4 aromatic rings. The van der Waals surface area contributed by atoms with Crippen LogP contribution in [0.1, 0.15) is 101 Å². The van der Waals surface area contributed by atoms with Crippen molar-refractivity contribution in [3.05, 3.63) is 71.9 Å². The Morgan fingerprint density at radius 3 is 1.34 bits per heavy atom. The van der Waals surface area contributed by atoms with E-state index in [0.29, 0.717) is 47.8 Å². The largest absolute Gasteiger partial charge is 0.490 e. The maximum absolute atomic E-state index is 14.3. The van der Waals surface area contributed by atoms with Gasteiger partial charge in [0, 0.05) is 49.6 Å². The Morgan fingerprint density at radius 2 is 0.971 bits per heavy atom. The zero-order chi connectivity index (χ0) is 47.7. The summed E-state index contributed by atoms with van der Waals surface area (Å²) in [5.41, 5.74) is 1.86. The van der Waals surface area contributed by atoms with E-state index in [2.05, 4.69) is 53.8 Å². The second kappa shape index (κ2) is 20.9. The number of anilines is 2. The minimum atomic E-state index is -0.185. The van der Waals surface area contributed by atoms with Crippen LogP contribution in [0.5, 0.6) is 11.5 Å². The maximum Gasteiger partial charge on any atom is 0.318 e. The molecule has 0 amide bonds. The average molecular weight is 973 g/mol. The van der Waals surface area contributed by atoms with E-state index in [1.807, 2.05) is 12.1 Å². The first kappa shape index (κ1) is 47.8. The van der Waals surface area contributed by atoms with Gasteiger partial charge in [0.25, 0.3) is 0 Å². The highest BCUT2D eigenvalue weighted by atomic mass is 19.1. The van der Waals surface area contributed by atoms with E-state index in [1.54, 1.807) is 12.1 Å². The van der Waals surface area contributed by atoms with E-state index in [-0.39, 0.29) is 35.0 Å². The van der Waals surface area contributed by atoms with Crippen LogP contribution in [-0.2, 0) is 18.9 Å². The highest BCUT2D eigenvalue weighted by molar-refractivity contribution is 5.39. The maximum atomic E-state index is 14.3. The van der Waals surface area contributed by atoms with Crippen molar-refractivity contribution in [3.63, 3.8) is 0 Å². The molecule has 2 aromatic heterocycles. The van der Waals surface area contributed by atoms with Gasteiger partial charge in [0.1, 0.15) is 34.3 Å². The lowest BCUT2D eigenvalue weighted by molar-refractivity contribution is -0.0217. The molecule has 8 saturated heterocycles. The first-order chi connectivity index (χ1) is 34.2. The van der Waals surface area contributed by atoms with Gasteiger partial charge in [0.15, 0.2) is 0 Å². The number of likely N-dealkylation sites (tertiary alicyclic amines) is 2. The van der Waals surface area contributed by atoms with E-state index < -0.39 is 0 Å². The second-order valence-electron chi connectivity index (χ2n) is 21.4. The molecule has 70 heavy (non-hydrogen) atoms. The quantitative estimate of drug-likeness (QED) is 0.140. The molecular formula is C52H70F2N8O8. The number of hydrogen-bond acceptors (Lipinski definition) is 16. The fourth-order valence-corrected chi connectivity index (χ4v) is 12.7. The molecule has 0 radical (unpaired) electrons. The fourth-order valence-electron chi connectivity index (χ4n) is 12.7. The van der Waals surface area contributed by atoms with Crippen molar-refractivity contribution in [2.24, 2.45) is 11.8 Å². The Hall–Kier alpha value is -4.46. The number of halogens is 2. The SMILES string of the molecule is C[C@@H](Oc1ccc(F)cc1C1CCN([C@@H]2COC3(C2)CN(c2nnco2)C3)CC1)C1CCOCC1.C[C@H](Oc1ccc(F)cc1C1CCN([C@@H]2COC3(C2)CN(c2nnco2)C3)CC1)C1CCOCC1. The third-order valence-corrected chi connectivity index (χ3v) is 16.9. The molecule has 2 aromatic carbocycles. The van der Waals surface area contributed by atoms with Gasteiger partial charge < -0.3 is 47.1 Å². The van der Waals surface area contributed by atoms with Crippen molar-refractivity contribution in [2.75, 3.05) is 102 Å². The molecule has 0 bridgehead atoms. The fraction of sp³-hybridized carbons (Fsp3) is 0.692. The van der Waals surface area contributed by atoms with Crippen molar-refractivity contribution >= 4 is 12.0 Å². The van der Waals surface area contributed by atoms with Crippen molar-refractivity contribution in [2.45, 2.75) is 125 Å². The number of piperidine rings is 2. The molecule has 12 rings (SSSR count). The summed E-state index contributed by atoms with van der Waals surface area (Å²) in [6.07, 6.45) is 13.1. The van der Waals surface area contributed by atoms with Crippen molar-refractivity contribution in [3.8, 4) is 11.5 Å². The molecule has 4 atom stereocenters. The van der Waals surface area contributed by atoms with Crippen LogP contribution in [0.2, 0.25) is 0 Å². The van der Waals surface area contributed by atoms with Crippen LogP contribution in [-0.4, -0.2) is 158 Å². The summed E-state index contributed by atoms with van der Waals surface area (Å²) in [6, 6.07) is 12.1. The first-order valence-corrected chi connectivity index (χ1v) is 26.0. The monoisotopic (exact) mass is 973 g/mol. The molecule has 16 nitrogen and oxygen atoms in total. The summed E-state index contributed by atoms with van der Waals surface area (Å²) in [4.78, 5) is 9.28. The molecule has 8 aliphatic heterocycles. The predicted molar refractivity (Wildman–Crippen MR) is 254 cm³/mol. The summed E-state index contributed by atoms with van der Waals surface area (Å²) in [5.74, 6) is 2.93. The highest BCUT2D eigenvalue weighted by Crippen LogP contribution is 2.44. The van der Waals surface area contributed by atoms with Crippen LogP contribution < -0.4 is 19.3 Å². The third kappa shape index (κ3) is 10.5. The minimum Gasteiger partial charge on any atom is -0.490 e. The van der Waals surface area contributed by atoms with E-state index >= 15 is 0 Å². The highest BCUT2D eigenvalue weighted by Gasteiger charge is 2.54. The van der Waals surface area contributed by atoms with Gasteiger partial charge in [-0.2, -0.15) is 0 Å². The van der Waals surface area contributed by atoms with Gasteiger partial charge in [-0.05, 0) is 164 Å². The topological polar surface area (TPSA) is 146 Å². The number of ether oxygens (including phenoxy) is 6. The Bertz CT molecular complexity index is 2130. The zero-order valence-corrected chi connectivity index (χ0v) is 40.8. The molecule has 380 valence electrons. The van der Waals surface area contributed by atoms with Crippen LogP contribution in [0.4, 0.5) is 20.8 Å². The number of nitrogens with zero attached hydrogens (tertiary/aromatic N) is 8. The van der Waals surface area contributed by atoms with Gasteiger partial charge in [0.2, 0.25) is 12.8 Å². The van der Waals surface area contributed by atoms with Gasteiger partial charge in [-0.3, -0.25) is 9.80 Å². The van der Waals surface area contributed by atoms with Crippen molar-refractivity contribution in [1.82, 2.24) is 30.2 Å². The average Bonchev–Trinajstić information content (AvgIpc) is 4.24. The lowest BCUT2D eigenvalue weighted by Crippen LogP contribution is -2.62. The number of aromatic nitrogens is 4. The third-order valence-electron chi connectivity index (χ3n) is 16.9. The van der Waals surface area contributed by atoms with Gasteiger partial charge in [0.05, 0.1) is 51.6 Å². The van der Waals surface area contributed by atoms with E-state index in [1.165, 1.54) is 24.9 Å². The normalized spacial score (nSPS) is 26.7. The van der Waals surface area contributed by atoms with Gasteiger partial charge in [-0.1, -0.05) is 10.2 Å². The van der Waals surface area contributed by atoms with Crippen LogP contribution in [0, 0.1) is 23.5 Å². The molecule has 0 saturated carbocycles. The van der Waals surface area contributed by atoms with Crippen molar-refractivity contribution < 1.29 is 46.0 Å². The molecule has 18 heteroatoms. The summed E-state index contributed by atoms with van der Waals surface area (Å²) in [7, 11) is 0. The van der Waals surface area contributed by atoms with Crippen LogP contribution >= 0.6 is 0 Å². The molecule has 2 spiro atoms. The first-order valence-electron chi connectivity index (χ1n) is 26.0. The Kier molecular flexibility index (Phi) is 14.3. The summed E-state index contributed by atoms with van der Waals surface area (Å²) in [6.45, 7) is 16.2. The van der Waals surface area contributed by atoms with Gasteiger partial charge >= 0.3 is 12.0 Å². The molecule has 0 N–H and O–H groups in total. The van der Waals surface area contributed by atoms with E-state index in [9.17, 15) is 8.78 Å². The van der Waals surface area contributed by atoms with Crippen LogP contribution in [0.25, 0.3) is 0 Å². The molecule has 10 heterocycles. The predicted octanol–water partition coefficient (Wildman–Crippen LogP) is 7.26. The summed E-state index contributed by atoms with van der Waals surface area (Å²) >= 11 is 0. The van der Waals surface area contributed by atoms with Gasteiger partial charge in [-0.15, -0.1) is 10.2 Å². The van der Waals surface area contributed by atoms with Crippen LogP contribution in [0.3, 0.4) is 0 Å². The molecule has 8 fully saturated rings. The van der Waals surface area contributed by atoms with Gasteiger partial charge in [-0.25, -0.2) is 8.78 Å². The number of benzene rings is 2. The summed E-state index contributed by atoms with van der Waals surface area (Å²) in [5, 5.41) is 15.5. The molecular weight excluding hydrogens is 903 g/mol. The smallest absolute Gasteiger partial charge is 0.318 e. The standard InChI is InChI=1S/2C26H35FN4O4/c2*1-18(19-6-10-32-11-7-19)35-24-3-2-21(27)12-23(24)20-4-8-30(9-5-20)22-13-26(34-14-22)15-31(16-26)25-29-28-17-33-25/h2*2-3,12,17-20,22H,4-11,13-16H2,1H3/t18-,22+;18-,22-/m10/s1. The van der Waals surface area contributed by atoms with Crippen LogP contribution in [0.15, 0.2) is 58.0 Å². The Balaban J connectivity index is 0.000000152. The lowest BCUT2D eigenvalue weighted by atomic mass is 9.86. The Morgan fingerprint density at radius 1 is 0.571 bits per heavy atom. The van der Waals surface area contributed by atoms with E-state index in [4.69, 9.17) is 37.3 Å². The van der Waals surface area contributed by atoms with E-state index in [0.717, 1.165) is 179 Å². The molecule has 8 aliphatic rings. The zero-order valence-electron chi connectivity index (χ0n) is 40.8. The number of hydrogen-bond donors (Lipinski definition) is 0. The molecule has 0 unspecified atom stereocenters. The second-order valence-corrected chi connectivity index (χ2v) is 21.4. The lowest BCUT2D eigenvalue weighted by Gasteiger charge is -2.46. The van der Waals surface area contributed by atoms with Crippen molar-refractivity contribution in [1.29, 1.82) is 0 Å². The molecule has 0 aliphatic carbocycles. The summed E-state index contributed by atoms with van der Waals surface area (Å²) < 4.78 is 75.5.